The lowest BCUT2D eigenvalue weighted by molar-refractivity contribution is 0.264. The molecular formula is C22H26N2O. The molecule has 0 bridgehead atoms. The Morgan fingerprint density at radius 1 is 0.920 bits per heavy atom. The molecule has 3 rings (SSSR count). The van der Waals surface area contributed by atoms with E-state index in [4.69, 9.17) is 9.72 Å². The summed E-state index contributed by atoms with van der Waals surface area (Å²) in [7, 11) is 4.12. The van der Waals surface area contributed by atoms with Gasteiger partial charge in [0.2, 0.25) is 0 Å². The Bertz CT molecular complexity index is 883. The number of likely N-dealkylation sites (N-methyl/N-ethyl adjacent to an activating group) is 1. The largest absolute Gasteiger partial charge is 0.491 e. The number of rotatable bonds is 5. The fraction of sp³-hybridized carbons (Fsp3) is 0.318. The van der Waals surface area contributed by atoms with E-state index in [2.05, 4.69) is 76.2 Å². The molecule has 3 heteroatoms. The SMILES string of the molecule is Cc1ccc(-c2cnc3c(C)ccc(C)c3c2OCCN(C)C)cc1. The summed E-state index contributed by atoms with van der Waals surface area (Å²) in [6.07, 6.45) is 1.95. The fourth-order valence-corrected chi connectivity index (χ4v) is 2.99. The third-order valence-corrected chi connectivity index (χ3v) is 4.53. The van der Waals surface area contributed by atoms with Crippen molar-refractivity contribution in [3.8, 4) is 16.9 Å². The van der Waals surface area contributed by atoms with Crippen molar-refractivity contribution in [2.24, 2.45) is 0 Å². The Balaban J connectivity index is 2.18. The Morgan fingerprint density at radius 3 is 2.28 bits per heavy atom. The maximum atomic E-state index is 6.30. The molecule has 0 aliphatic heterocycles. The molecule has 1 heterocycles. The van der Waals surface area contributed by atoms with Gasteiger partial charge in [-0.1, -0.05) is 42.0 Å². The Kier molecular flexibility index (Phi) is 5.05. The smallest absolute Gasteiger partial charge is 0.138 e. The van der Waals surface area contributed by atoms with Gasteiger partial charge in [0.05, 0.1) is 5.52 Å². The van der Waals surface area contributed by atoms with Crippen LogP contribution in [0.5, 0.6) is 5.75 Å². The average molecular weight is 334 g/mol. The third-order valence-electron chi connectivity index (χ3n) is 4.53. The molecule has 0 unspecified atom stereocenters. The van der Waals surface area contributed by atoms with Gasteiger partial charge >= 0.3 is 0 Å². The van der Waals surface area contributed by atoms with E-state index in [0.29, 0.717) is 6.61 Å². The predicted octanol–water partition coefficient (Wildman–Crippen LogP) is 4.77. The zero-order chi connectivity index (χ0) is 18.0. The van der Waals surface area contributed by atoms with Crippen LogP contribution >= 0.6 is 0 Å². The average Bonchev–Trinajstić information content (AvgIpc) is 2.58. The van der Waals surface area contributed by atoms with Crippen molar-refractivity contribution in [3.05, 3.63) is 59.3 Å². The van der Waals surface area contributed by atoms with Crippen LogP contribution in [-0.2, 0) is 0 Å². The molecule has 0 N–H and O–H groups in total. The number of nitrogens with zero attached hydrogens (tertiary/aromatic N) is 2. The lowest BCUT2D eigenvalue weighted by Gasteiger charge is -2.18. The molecule has 25 heavy (non-hydrogen) atoms. The minimum Gasteiger partial charge on any atom is -0.491 e. The number of aryl methyl sites for hydroxylation is 3. The zero-order valence-electron chi connectivity index (χ0n) is 15.8. The molecule has 0 atom stereocenters. The summed E-state index contributed by atoms with van der Waals surface area (Å²) < 4.78 is 6.30. The molecule has 1 aromatic heterocycles. The number of pyridine rings is 1. The third kappa shape index (κ3) is 3.67. The first-order valence-electron chi connectivity index (χ1n) is 8.71. The summed E-state index contributed by atoms with van der Waals surface area (Å²) >= 11 is 0. The van der Waals surface area contributed by atoms with Gasteiger partial charge in [0, 0.05) is 23.7 Å². The van der Waals surface area contributed by atoms with Crippen LogP contribution in [0.3, 0.4) is 0 Å². The maximum absolute atomic E-state index is 6.30. The zero-order valence-corrected chi connectivity index (χ0v) is 15.8. The lowest BCUT2D eigenvalue weighted by Crippen LogP contribution is -2.19. The number of aromatic nitrogens is 1. The van der Waals surface area contributed by atoms with Crippen LogP contribution in [0, 0.1) is 20.8 Å². The van der Waals surface area contributed by atoms with E-state index in [-0.39, 0.29) is 0 Å². The molecule has 0 saturated carbocycles. The van der Waals surface area contributed by atoms with Crippen LogP contribution < -0.4 is 4.74 Å². The highest BCUT2D eigenvalue weighted by molar-refractivity contribution is 5.96. The molecule has 2 aromatic carbocycles. The van der Waals surface area contributed by atoms with Gasteiger partial charge in [0.1, 0.15) is 12.4 Å². The molecular weight excluding hydrogens is 308 g/mol. The summed E-state index contributed by atoms with van der Waals surface area (Å²) in [4.78, 5) is 6.89. The van der Waals surface area contributed by atoms with Crippen molar-refractivity contribution in [2.45, 2.75) is 20.8 Å². The lowest BCUT2D eigenvalue weighted by atomic mass is 9.98. The Morgan fingerprint density at radius 2 is 1.60 bits per heavy atom. The van der Waals surface area contributed by atoms with E-state index in [9.17, 15) is 0 Å². The quantitative estimate of drug-likeness (QED) is 0.672. The second-order valence-corrected chi connectivity index (χ2v) is 6.94. The Hall–Kier alpha value is -2.39. The number of ether oxygens (including phenoxy) is 1. The molecule has 130 valence electrons. The normalized spacial score (nSPS) is 11.3. The molecule has 0 aliphatic rings. The number of hydrogen-bond donors (Lipinski definition) is 0. The van der Waals surface area contributed by atoms with Crippen LogP contribution in [0.1, 0.15) is 16.7 Å². The predicted molar refractivity (Wildman–Crippen MR) is 105 cm³/mol. The highest BCUT2D eigenvalue weighted by atomic mass is 16.5. The molecule has 0 amide bonds. The molecule has 3 aromatic rings. The van der Waals surface area contributed by atoms with Crippen molar-refractivity contribution >= 4 is 10.9 Å². The maximum Gasteiger partial charge on any atom is 0.138 e. The highest BCUT2D eigenvalue weighted by Crippen LogP contribution is 2.38. The number of benzene rings is 2. The molecule has 0 radical (unpaired) electrons. The highest BCUT2D eigenvalue weighted by Gasteiger charge is 2.15. The van der Waals surface area contributed by atoms with Crippen molar-refractivity contribution in [1.29, 1.82) is 0 Å². The topological polar surface area (TPSA) is 25.4 Å². The van der Waals surface area contributed by atoms with E-state index in [0.717, 1.165) is 34.3 Å². The van der Waals surface area contributed by atoms with Gasteiger partial charge in [-0.05, 0) is 51.6 Å². The first kappa shape index (κ1) is 17.4. The Labute approximate surface area is 150 Å². The molecule has 0 fully saturated rings. The second kappa shape index (κ2) is 7.24. The van der Waals surface area contributed by atoms with Crippen LogP contribution in [0.4, 0.5) is 0 Å². The van der Waals surface area contributed by atoms with Crippen molar-refractivity contribution in [3.63, 3.8) is 0 Å². The summed E-state index contributed by atoms with van der Waals surface area (Å²) in [5.41, 5.74) is 6.84. The van der Waals surface area contributed by atoms with Crippen molar-refractivity contribution < 1.29 is 4.74 Å². The van der Waals surface area contributed by atoms with E-state index in [1.54, 1.807) is 0 Å². The van der Waals surface area contributed by atoms with E-state index in [1.807, 2.05) is 6.20 Å². The molecule has 0 aliphatic carbocycles. The summed E-state index contributed by atoms with van der Waals surface area (Å²) in [6, 6.07) is 12.8. The van der Waals surface area contributed by atoms with Gasteiger partial charge in [-0.3, -0.25) is 4.98 Å². The van der Waals surface area contributed by atoms with E-state index in [1.165, 1.54) is 16.7 Å². The van der Waals surface area contributed by atoms with Gasteiger partial charge in [0.15, 0.2) is 0 Å². The first-order valence-corrected chi connectivity index (χ1v) is 8.71. The number of hydrogen-bond acceptors (Lipinski definition) is 3. The second-order valence-electron chi connectivity index (χ2n) is 6.94. The van der Waals surface area contributed by atoms with E-state index < -0.39 is 0 Å². The summed E-state index contributed by atoms with van der Waals surface area (Å²) in [5.74, 6) is 0.942. The van der Waals surface area contributed by atoms with Gasteiger partial charge < -0.3 is 9.64 Å². The minimum atomic E-state index is 0.651. The molecule has 3 nitrogen and oxygen atoms in total. The van der Waals surface area contributed by atoms with Crippen molar-refractivity contribution in [2.75, 3.05) is 27.2 Å². The summed E-state index contributed by atoms with van der Waals surface area (Å²) in [6.45, 7) is 7.86. The van der Waals surface area contributed by atoms with Crippen LogP contribution in [0.25, 0.3) is 22.0 Å². The van der Waals surface area contributed by atoms with Gasteiger partial charge in [-0.15, -0.1) is 0 Å². The fourth-order valence-electron chi connectivity index (χ4n) is 2.99. The summed E-state index contributed by atoms with van der Waals surface area (Å²) in [5, 5.41) is 1.12. The van der Waals surface area contributed by atoms with Gasteiger partial charge in [-0.25, -0.2) is 0 Å². The first-order chi connectivity index (χ1) is 12.0. The van der Waals surface area contributed by atoms with Crippen molar-refractivity contribution in [1.82, 2.24) is 9.88 Å². The monoisotopic (exact) mass is 334 g/mol. The van der Waals surface area contributed by atoms with Gasteiger partial charge in [0.25, 0.3) is 0 Å². The van der Waals surface area contributed by atoms with E-state index >= 15 is 0 Å². The standard InChI is InChI=1S/C22H26N2O/c1-15-6-10-18(11-7-15)19-14-23-21-17(3)9-8-16(2)20(21)22(19)25-13-12-24(4)5/h6-11,14H,12-13H2,1-5H3. The molecule has 0 saturated heterocycles. The molecule has 0 spiro atoms. The van der Waals surface area contributed by atoms with Gasteiger partial charge in [-0.2, -0.15) is 0 Å². The van der Waals surface area contributed by atoms with Crippen LogP contribution in [0.2, 0.25) is 0 Å². The van der Waals surface area contributed by atoms with Crippen LogP contribution in [0.15, 0.2) is 42.6 Å². The number of fused-ring (bicyclic) bond motifs is 1. The van der Waals surface area contributed by atoms with Crippen LogP contribution in [-0.4, -0.2) is 37.1 Å². The minimum absolute atomic E-state index is 0.651.